The van der Waals surface area contributed by atoms with Crippen molar-refractivity contribution in [1.82, 2.24) is 0 Å². The van der Waals surface area contributed by atoms with Crippen molar-refractivity contribution in [3.05, 3.63) is 72.5 Å². The van der Waals surface area contributed by atoms with Crippen molar-refractivity contribution in [2.75, 3.05) is 6.61 Å². The van der Waals surface area contributed by atoms with Gasteiger partial charge in [0.25, 0.3) is 0 Å². The maximum absolute atomic E-state index is 14.6. The van der Waals surface area contributed by atoms with Gasteiger partial charge in [-0.3, -0.25) is 0 Å². The largest absolute Gasteiger partial charge is 0.573 e. The van der Waals surface area contributed by atoms with E-state index in [4.69, 9.17) is 4.74 Å². The van der Waals surface area contributed by atoms with Crippen LogP contribution in [-0.2, 0) is 0 Å². The van der Waals surface area contributed by atoms with Gasteiger partial charge < -0.3 is 9.47 Å². The molecule has 3 rings (SSSR count). The molecule has 0 spiro atoms. The van der Waals surface area contributed by atoms with Crippen molar-refractivity contribution in [2.45, 2.75) is 39.0 Å². The van der Waals surface area contributed by atoms with Crippen LogP contribution in [0.3, 0.4) is 0 Å². The lowest BCUT2D eigenvalue weighted by atomic mass is 10.00. The summed E-state index contributed by atoms with van der Waals surface area (Å²) in [6, 6.07) is 17.6. The van der Waals surface area contributed by atoms with E-state index >= 15 is 0 Å². The number of hydrogen-bond acceptors (Lipinski definition) is 2. The molecule has 0 atom stereocenters. The van der Waals surface area contributed by atoms with E-state index in [1.165, 1.54) is 18.2 Å². The number of ether oxygens (including phenoxy) is 2. The molecule has 0 N–H and O–H groups in total. The number of hydrogen-bond donors (Lipinski definition) is 0. The van der Waals surface area contributed by atoms with Gasteiger partial charge in [0, 0.05) is 11.6 Å². The Balaban J connectivity index is 1.65. The van der Waals surface area contributed by atoms with Gasteiger partial charge in [0.05, 0.1) is 6.61 Å². The summed E-state index contributed by atoms with van der Waals surface area (Å²) < 4.78 is 60.9. The van der Waals surface area contributed by atoms with Crippen LogP contribution in [0.5, 0.6) is 11.5 Å². The van der Waals surface area contributed by atoms with Gasteiger partial charge in [0.1, 0.15) is 17.3 Å². The third-order valence-electron chi connectivity index (χ3n) is 4.82. The highest BCUT2D eigenvalue weighted by Gasteiger charge is 2.30. The van der Waals surface area contributed by atoms with Crippen LogP contribution in [0.4, 0.5) is 17.6 Å². The fraction of sp³-hybridized carbons (Fsp3) is 0.280. The van der Waals surface area contributed by atoms with Crippen LogP contribution in [0.1, 0.15) is 32.6 Å². The standard InChI is InChI=1S/C25H24F4O2/c1-2-3-4-5-16-30-22-14-15-23(24(26)17-22)20-8-6-18(7-9-20)19-10-12-21(13-11-19)31-25(27,28)29/h6-15,17H,2-5,16H2,1H3. The van der Waals surface area contributed by atoms with Gasteiger partial charge in [0.15, 0.2) is 0 Å². The molecule has 0 aliphatic heterocycles. The lowest BCUT2D eigenvalue weighted by Gasteiger charge is -2.11. The zero-order valence-electron chi connectivity index (χ0n) is 17.2. The smallest absolute Gasteiger partial charge is 0.493 e. The molecule has 3 aromatic carbocycles. The van der Waals surface area contributed by atoms with Crippen LogP contribution in [0.2, 0.25) is 0 Å². The van der Waals surface area contributed by atoms with Crippen molar-refractivity contribution in [2.24, 2.45) is 0 Å². The highest BCUT2D eigenvalue weighted by atomic mass is 19.4. The number of benzene rings is 3. The second-order valence-corrected chi connectivity index (χ2v) is 7.20. The van der Waals surface area contributed by atoms with Crippen molar-refractivity contribution < 1.29 is 27.0 Å². The second-order valence-electron chi connectivity index (χ2n) is 7.20. The van der Waals surface area contributed by atoms with E-state index in [2.05, 4.69) is 11.7 Å². The number of halogens is 4. The van der Waals surface area contributed by atoms with Crippen LogP contribution in [0.15, 0.2) is 66.7 Å². The lowest BCUT2D eigenvalue weighted by molar-refractivity contribution is -0.274. The van der Waals surface area contributed by atoms with Crippen LogP contribution in [0, 0.1) is 5.82 Å². The molecule has 0 heterocycles. The topological polar surface area (TPSA) is 18.5 Å². The van der Waals surface area contributed by atoms with Gasteiger partial charge in [-0.1, -0.05) is 62.6 Å². The molecule has 0 bridgehead atoms. The quantitative estimate of drug-likeness (QED) is 0.252. The number of unbranched alkanes of at least 4 members (excludes halogenated alkanes) is 3. The third kappa shape index (κ3) is 6.74. The molecular formula is C25H24F4O2. The minimum Gasteiger partial charge on any atom is -0.493 e. The third-order valence-corrected chi connectivity index (χ3v) is 4.82. The van der Waals surface area contributed by atoms with Gasteiger partial charge in [-0.15, -0.1) is 13.2 Å². The SMILES string of the molecule is CCCCCCOc1ccc(-c2ccc(-c3ccc(OC(F)(F)F)cc3)cc2)c(F)c1. The Bertz CT molecular complexity index is 964. The summed E-state index contributed by atoms with van der Waals surface area (Å²) in [7, 11) is 0. The Kier molecular flexibility index (Phi) is 7.55. The Morgan fingerprint density at radius 3 is 1.87 bits per heavy atom. The summed E-state index contributed by atoms with van der Waals surface area (Å²) in [6.07, 6.45) is -0.357. The first-order valence-corrected chi connectivity index (χ1v) is 10.2. The van der Waals surface area contributed by atoms with Crippen molar-refractivity contribution >= 4 is 0 Å². The van der Waals surface area contributed by atoms with E-state index in [1.807, 2.05) is 0 Å². The number of rotatable bonds is 9. The second kappa shape index (κ2) is 10.3. The molecule has 164 valence electrons. The molecule has 0 saturated carbocycles. The molecule has 0 aromatic heterocycles. The molecule has 0 aliphatic rings. The van der Waals surface area contributed by atoms with E-state index in [0.717, 1.165) is 36.8 Å². The predicted molar refractivity (Wildman–Crippen MR) is 114 cm³/mol. The molecule has 0 unspecified atom stereocenters. The minimum atomic E-state index is -4.72. The maximum Gasteiger partial charge on any atom is 0.573 e. The summed E-state index contributed by atoms with van der Waals surface area (Å²) in [5.41, 5.74) is 2.69. The molecule has 0 radical (unpaired) electrons. The van der Waals surface area contributed by atoms with E-state index in [0.29, 0.717) is 23.5 Å². The molecule has 0 saturated heterocycles. The zero-order valence-corrected chi connectivity index (χ0v) is 17.2. The van der Waals surface area contributed by atoms with E-state index in [1.54, 1.807) is 48.5 Å². The highest BCUT2D eigenvalue weighted by Crippen LogP contribution is 2.30. The fourth-order valence-electron chi connectivity index (χ4n) is 3.23. The highest BCUT2D eigenvalue weighted by molar-refractivity contribution is 5.71. The molecule has 0 fully saturated rings. The average Bonchev–Trinajstić information content (AvgIpc) is 2.73. The summed E-state index contributed by atoms with van der Waals surface area (Å²) in [5, 5.41) is 0. The molecule has 31 heavy (non-hydrogen) atoms. The molecule has 6 heteroatoms. The monoisotopic (exact) mass is 432 g/mol. The number of alkyl halides is 3. The van der Waals surface area contributed by atoms with Crippen molar-refractivity contribution in [3.8, 4) is 33.8 Å². The average molecular weight is 432 g/mol. The first-order chi connectivity index (χ1) is 14.9. The summed E-state index contributed by atoms with van der Waals surface area (Å²) in [6.45, 7) is 2.71. The van der Waals surface area contributed by atoms with Gasteiger partial charge in [-0.05, 0) is 47.4 Å². The van der Waals surface area contributed by atoms with Crippen LogP contribution in [-0.4, -0.2) is 13.0 Å². The Morgan fingerprint density at radius 1 is 0.710 bits per heavy atom. The van der Waals surface area contributed by atoms with Crippen molar-refractivity contribution in [1.29, 1.82) is 0 Å². The first-order valence-electron chi connectivity index (χ1n) is 10.2. The molecule has 0 amide bonds. The van der Waals surface area contributed by atoms with Crippen LogP contribution >= 0.6 is 0 Å². The Labute approximate surface area is 179 Å². The Morgan fingerprint density at radius 2 is 1.29 bits per heavy atom. The van der Waals surface area contributed by atoms with E-state index in [-0.39, 0.29) is 11.6 Å². The predicted octanol–water partition coefficient (Wildman–Crippen LogP) is 8.02. The van der Waals surface area contributed by atoms with Crippen LogP contribution < -0.4 is 9.47 Å². The first kappa shape index (κ1) is 22.7. The van der Waals surface area contributed by atoms with E-state index in [9.17, 15) is 17.6 Å². The van der Waals surface area contributed by atoms with Gasteiger partial charge in [-0.2, -0.15) is 0 Å². The molecular weight excluding hydrogens is 408 g/mol. The molecule has 3 aromatic rings. The lowest BCUT2D eigenvalue weighted by Crippen LogP contribution is -2.16. The zero-order chi connectivity index (χ0) is 22.3. The Hall–Kier alpha value is -3.02. The molecule has 2 nitrogen and oxygen atoms in total. The summed E-state index contributed by atoms with van der Waals surface area (Å²) >= 11 is 0. The maximum atomic E-state index is 14.6. The fourth-order valence-corrected chi connectivity index (χ4v) is 3.23. The summed E-state index contributed by atoms with van der Waals surface area (Å²) in [4.78, 5) is 0. The van der Waals surface area contributed by atoms with Gasteiger partial charge >= 0.3 is 6.36 Å². The van der Waals surface area contributed by atoms with Gasteiger partial charge in [-0.25, -0.2) is 4.39 Å². The van der Waals surface area contributed by atoms with Crippen LogP contribution in [0.25, 0.3) is 22.3 Å². The summed E-state index contributed by atoms with van der Waals surface area (Å²) in [5.74, 6) is -0.134. The van der Waals surface area contributed by atoms with Gasteiger partial charge in [0.2, 0.25) is 0 Å². The van der Waals surface area contributed by atoms with Crippen molar-refractivity contribution in [3.63, 3.8) is 0 Å². The normalized spacial score (nSPS) is 11.4. The van der Waals surface area contributed by atoms with E-state index < -0.39 is 6.36 Å². The molecule has 0 aliphatic carbocycles. The minimum absolute atomic E-state index is 0.275.